The number of hydrogen-bond acceptors (Lipinski definition) is 3. The summed E-state index contributed by atoms with van der Waals surface area (Å²) in [6.45, 7) is 9.59. The highest BCUT2D eigenvalue weighted by molar-refractivity contribution is 5.48. The van der Waals surface area contributed by atoms with Gasteiger partial charge in [-0.1, -0.05) is 13.0 Å². The lowest BCUT2D eigenvalue weighted by molar-refractivity contribution is 0.651. The lowest BCUT2D eigenvalue weighted by Crippen LogP contribution is -2.33. The molecular weight excluding hydrogens is 198 g/mol. The molecule has 0 bridgehead atoms. The molecule has 0 amide bonds. The number of anilines is 1. The van der Waals surface area contributed by atoms with Gasteiger partial charge in [0.05, 0.1) is 0 Å². The van der Waals surface area contributed by atoms with Crippen LogP contribution in [0.5, 0.6) is 0 Å². The molecule has 1 rings (SSSR count). The Balaban J connectivity index is 3.07. The molecule has 1 heterocycles. The number of aromatic nitrogens is 1. The van der Waals surface area contributed by atoms with Crippen molar-refractivity contribution in [1.82, 2.24) is 4.98 Å². The summed E-state index contributed by atoms with van der Waals surface area (Å²) >= 11 is 0. The first-order valence-corrected chi connectivity index (χ1v) is 6.05. The van der Waals surface area contributed by atoms with Gasteiger partial charge in [-0.2, -0.15) is 0 Å². The van der Waals surface area contributed by atoms with Crippen LogP contribution < -0.4 is 10.6 Å². The summed E-state index contributed by atoms with van der Waals surface area (Å²) in [5.41, 5.74) is 7.11. The van der Waals surface area contributed by atoms with Gasteiger partial charge in [0, 0.05) is 30.4 Å². The molecule has 0 spiro atoms. The van der Waals surface area contributed by atoms with Gasteiger partial charge in [0.2, 0.25) is 0 Å². The van der Waals surface area contributed by atoms with Crippen molar-refractivity contribution in [3.63, 3.8) is 0 Å². The minimum atomic E-state index is 0.0295. The summed E-state index contributed by atoms with van der Waals surface area (Å²) in [5, 5.41) is 0. The second-order valence-corrected chi connectivity index (χ2v) is 4.49. The maximum atomic E-state index is 5.98. The zero-order valence-electron chi connectivity index (χ0n) is 10.8. The Bertz CT molecular complexity index is 321. The molecule has 90 valence electrons. The summed E-state index contributed by atoms with van der Waals surface area (Å²) in [5.74, 6) is 1.04. The highest BCUT2D eigenvalue weighted by Crippen LogP contribution is 2.24. The van der Waals surface area contributed by atoms with E-state index in [0.29, 0.717) is 6.04 Å². The van der Waals surface area contributed by atoms with E-state index >= 15 is 0 Å². The zero-order chi connectivity index (χ0) is 12.1. The third-order valence-electron chi connectivity index (χ3n) is 2.67. The summed E-state index contributed by atoms with van der Waals surface area (Å²) in [6.07, 6.45) is 2.96. The van der Waals surface area contributed by atoms with Crippen LogP contribution in [0.2, 0.25) is 0 Å². The highest BCUT2D eigenvalue weighted by atomic mass is 15.2. The lowest BCUT2D eigenvalue weighted by Gasteiger charge is -2.30. The predicted octanol–water partition coefficient (Wildman–Crippen LogP) is 2.73. The fourth-order valence-electron chi connectivity index (χ4n) is 1.85. The van der Waals surface area contributed by atoms with Gasteiger partial charge >= 0.3 is 0 Å². The van der Waals surface area contributed by atoms with Gasteiger partial charge < -0.3 is 10.6 Å². The van der Waals surface area contributed by atoms with Crippen LogP contribution in [0.3, 0.4) is 0 Å². The minimum Gasteiger partial charge on any atom is -0.354 e. The van der Waals surface area contributed by atoms with Crippen molar-refractivity contribution in [1.29, 1.82) is 0 Å². The molecule has 0 fully saturated rings. The topological polar surface area (TPSA) is 42.2 Å². The molecule has 0 radical (unpaired) electrons. The Labute approximate surface area is 98.7 Å². The second-order valence-electron chi connectivity index (χ2n) is 4.49. The first-order chi connectivity index (χ1) is 7.57. The van der Waals surface area contributed by atoms with E-state index in [1.807, 2.05) is 19.2 Å². The van der Waals surface area contributed by atoms with Crippen LogP contribution in [0, 0.1) is 0 Å². The normalized spacial score (nSPS) is 12.9. The van der Waals surface area contributed by atoms with Crippen molar-refractivity contribution in [2.75, 3.05) is 11.4 Å². The standard InChI is InChI=1S/C13H23N3/c1-5-9-16(10(2)3)13-12(11(4)14)7-6-8-15-13/h6-8,10-11H,5,9,14H2,1-4H3/t11-/m0/s1. The van der Waals surface area contributed by atoms with Crippen LogP contribution >= 0.6 is 0 Å². The number of pyridine rings is 1. The average Bonchev–Trinajstić information content (AvgIpc) is 2.25. The van der Waals surface area contributed by atoms with Crippen molar-refractivity contribution < 1.29 is 0 Å². The summed E-state index contributed by atoms with van der Waals surface area (Å²) in [7, 11) is 0. The van der Waals surface area contributed by atoms with Crippen LogP contribution in [0.15, 0.2) is 18.3 Å². The quantitative estimate of drug-likeness (QED) is 0.831. The molecule has 0 unspecified atom stereocenters. The van der Waals surface area contributed by atoms with Gasteiger partial charge in [0.1, 0.15) is 5.82 Å². The molecule has 3 nitrogen and oxygen atoms in total. The van der Waals surface area contributed by atoms with Crippen molar-refractivity contribution in [3.8, 4) is 0 Å². The second kappa shape index (κ2) is 5.85. The van der Waals surface area contributed by atoms with Gasteiger partial charge in [-0.3, -0.25) is 0 Å². The fourth-order valence-corrected chi connectivity index (χ4v) is 1.85. The molecule has 1 aromatic rings. The van der Waals surface area contributed by atoms with Crippen LogP contribution in [0.25, 0.3) is 0 Å². The van der Waals surface area contributed by atoms with E-state index in [9.17, 15) is 0 Å². The van der Waals surface area contributed by atoms with Gasteiger partial charge in [-0.25, -0.2) is 4.98 Å². The third kappa shape index (κ3) is 2.95. The molecule has 0 saturated heterocycles. The Kier molecular flexibility index (Phi) is 4.74. The molecule has 0 aliphatic rings. The smallest absolute Gasteiger partial charge is 0.133 e. The Morgan fingerprint density at radius 1 is 1.38 bits per heavy atom. The first kappa shape index (κ1) is 13.0. The van der Waals surface area contributed by atoms with Crippen molar-refractivity contribution in [3.05, 3.63) is 23.9 Å². The van der Waals surface area contributed by atoms with Gasteiger partial charge in [0.15, 0.2) is 0 Å². The molecule has 2 N–H and O–H groups in total. The van der Waals surface area contributed by atoms with Crippen LogP contribution in [-0.2, 0) is 0 Å². The van der Waals surface area contributed by atoms with Gasteiger partial charge in [-0.15, -0.1) is 0 Å². The van der Waals surface area contributed by atoms with Crippen LogP contribution in [0.4, 0.5) is 5.82 Å². The van der Waals surface area contributed by atoms with E-state index in [1.165, 1.54) is 0 Å². The maximum Gasteiger partial charge on any atom is 0.133 e. The van der Waals surface area contributed by atoms with Crippen molar-refractivity contribution >= 4 is 5.82 Å². The van der Waals surface area contributed by atoms with Crippen LogP contribution in [-0.4, -0.2) is 17.6 Å². The van der Waals surface area contributed by atoms with E-state index < -0.39 is 0 Å². The molecule has 16 heavy (non-hydrogen) atoms. The van der Waals surface area contributed by atoms with Gasteiger partial charge in [0.25, 0.3) is 0 Å². The number of rotatable bonds is 5. The van der Waals surface area contributed by atoms with Crippen molar-refractivity contribution in [2.45, 2.75) is 46.2 Å². The largest absolute Gasteiger partial charge is 0.354 e. The summed E-state index contributed by atoms with van der Waals surface area (Å²) in [4.78, 5) is 6.80. The van der Waals surface area contributed by atoms with Crippen molar-refractivity contribution in [2.24, 2.45) is 5.73 Å². The summed E-state index contributed by atoms with van der Waals surface area (Å²) < 4.78 is 0. The first-order valence-electron chi connectivity index (χ1n) is 6.05. The van der Waals surface area contributed by atoms with Gasteiger partial charge in [-0.05, 0) is 33.3 Å². The molecular formula is C13H23N3. The SMILES string of the molecule is CCCN(c1ncccc1[C@H](C)N)C(C)C. The predicted molar refractivity (Wildman–Crippen MR) is 69.6 cm³/mol. The van der Waals surface area contributed by atoms with E-state index in [-0.39, 0.29) is 6.04 Å². The van der Waals surface area contributed by atoms with E-state index in [2.05, 4.69) is 36.7 Å². The maximum absolute atomic E-state index is 5.98. The Morgan fingerprint density at radius 2 is 2.06 bits per heavy atom. The Hall–Kier alpha value is -1.09. The number of nitrogens with two attached hydrogens (primary N) is 1. The third-order valence-corrected chi connectivity index (χ3v) is 2.67. The van der Waals surface area contributed by atoms with E-state index in [4.69, 9.17) is 5.73 Å². The zero-order valence-corrected chi connectivity index (χ0v) is 10.8. The molecule has 1 aromatic heterocycles. The lowest BCUT2D eigenvalue weighted by atomic mass is 10.1. The fraction of sp³-hybridized carbons (Fsp3) is 0.615. The van der Waals surface area contributed by atoms with E-state index in [0.717, 1.165) is 24.3 Å². The number of hydrogen-bond donors (Lipinski definition) is 1. The molecule has 3 heteroatoms. The molecule has 0 aliphatic carbocycles. The summed E-state index contributed by atoms with van der Waals surface area (Å²) in [6, 6.07) is 4.50. The molecule has 0 saturated carbocycles. The monoisotopic (exact) mass is 221 g/mol. The average molecular weight is 221 g/mol. The highest BCUT2D eigenvalue weighted by Gasteiger charge is 2.16. The van der Waals surface area contributed by atoms with Crippen LogP contribution in [0.1, 0.15) is 45.7 Å². The molecule has 1 atom stereocenters. The molecule has 0 aromatic carbocycles. The number of nitrogens with zero attached hydrogens (tertiary/aromatic N) is 2. The van der Waals surface area contributed by atoms with E-state index in [1.54, 1.807) is 0 Å². The minimum absolute atomic E-state index is 0.0295. The Morgan fingerprint density at radius 3 is 2.56 bits per heavy atom. The molecule has 0 aliphatic heterocycles.